The molecule has 0 fully saturated rings. The molecule has 0 aromatic rings. The van der Waals surface area contributed by atoms with Gasteiger partial charge in [0.15, 0.2) is 0 Å². The van der Waals surface area contributed by atoms with Crippen LogP contribution in [-0.2, 0) is 4.74 Å². The Hall–Kier alpha value is -0.0800. The van der Waals surface area contributed by atoms with E-state index in [1.54, 1.807) is 0 Å². The van der Waals surface area contributed by atoms with Crippen molar-refractivity contribution in [1.29, 1.82) is 0 Å². The Morgan fingerprint density at radius 1 is 1.14 bits per heavy atom. The largest absolute Gasteiger partial charge is 0.379 e. The molecule has 0 amide bonds. The summed E-state index contributed by atoms with van der Waals surface area (Å²) in [5.41, 5.74) is 0. The fraction of sp³-hybridized carbons (Fsp3) is 1.00. The summed E-state index contributed by atoms with van der Waals surface area (Å²) in [5, 5.41) is 3.48. The third-order valence-corrected chi connectivity index (χ3v) is 2.66. The highest BCUT2D eigenvalue weighted by Crippen LogP contribution is 2.04. The molecule has 86 valence electrons. The Kier molecular flexibility index (Phi) is 9.42. The normalized spacial score (nSPS) is 15.4. The lowest BCUT2D eigenvalue weighted by Crippen LogP contribution is -2.28. The Labute approximate surface area is 89.4 Å². The van der Waals surface area contributed by atoms with Gasteiger partial charge in [0.1, 0.15) is 0 Å². The number of nitrogens with one attached hydrogen (secondary N) is 1. The summed E-state index contributed by atoms with van der Waals surface area (Å²) in [5.74, 6) is 0. The van der Waals surface area contributed by atoms with E-state index in [0.717, 1.165) is 19.6 Å². The van der Waals surface area contributed by atoms with Gasteiger partial charge in [0, 0.05) is 12.6 Å². The van der Waals surface area contributed by atoms with Crippen molar-refractivity contribution in [2.24, 2.45) is 0 Å². The van der Waals surface area contributed by atoms with E-state index in [1.807, 2.05) is 0 Å². The van der Waals surface area contributed by atoms with Crippen LogP contribution in [0.5, 0.6) is 0 Å². The second-order valence-corrected chi connectivity index (χ2v) is 3.89. The molecule has 0 saturated carbocycles. The zero-order valence-electron chi connectivity index (χ0n) is 10.3. The second kappa shape index (κ2) is 9.47. The zero-order valence-corrected chi connectivity index (χ0v) is 10.3. The van der Waals surface area contributed by atoms with Gasteiger partial charge < -0.3 is 10.1 Å². The van der Waals surface area contributed by atoms with E-state index in [1.165, 1.54) is 19.3 Å². The molecule has 0 aromatic carbocycles. The Balaban J connectivity index is 3.32. The van der Waals surface area contributed by atoms with Gasteiger partial charge in [0.05, 0.1) is 6.10 Å². The molecule has 2 heteroatoms. The fourth-order valence-corrected chi connectivity index (χ4v) is 1.47. The summed E-state index contributed by atoms with van der Waals surface area (Å²) < 4.78 is 5.64. The lowest BCUT2D eigenvalue weighted by atomic mass is 10.1. The molecule has 0 spiro atoms. The molecule has 0 aliphatic heterocycles. The van der Waals surface area contributed by atoms with Crippen LogP contribution in [0, 0.1) is 0 Å². The first-order valence-corrected chi connectivity index (χ1v) is 6.09. The predicted molar refractivity (Wildman–Crippen MR) is 62.7 cm³/mol. The third kappa shape index (κ3) is 7.34. The smallest absolute Gasteiger partial charge is 0.0544 e. The highest BCUT2D eigenvalue weighted by atomic mass is 16.5. The second-order valence-electron chi connectivity index (χ2n) is 3.89. The van der Waals surface area contributed by atoms with Gasteiger partial charge in [-0.05, 0) is 39.2 Å². The fourth-order valence-electron chi connectivity index (χ4n) is 1.47. The summed E-state index contributed by atoms with van der Waals surface area (Å²) in [6.45, 7) is 10.7. The van der Waals surface area contributed by atoms with E-state index in [2.05, 4.69) is 33.0 Å². The Morgan fingerprint density at radius 2 is 1.86 bits per heavy atom. The van der Waals surface area contributed by atoms with E-state index >= 15 is 0 Å². The number of ether oxygens (including phenoxy) is 1. The molecule has 0 bridgehead atoms. The zero-order chi connectivity index (χ0) is 10.8. The SMILES string of the molecule is CCNC(CC)CCCOC(C)CC. The van der Waals surface area contributed by atoms with Gasteiger partial charge in [-0.3, -0.25) is 0 Å². The topological polar surface area (TPSA) is 21.3 Å². The van der Waals surface area contributed by atoms with Gasteiger partial charge in [-0.25, -0.2) is 0 Å². The van der Waals surface area contributed by atoms with E-state index in [9.17, 15) is 0 Å². The highest BCUT2D eigenvalue weighted by Gasteiger charge is 2.04. The molecular weight excluding hydrogens is 174 g/mol. The van der Waals surface area contributed by atoms with Crippen molar-refractivity contribution < 1.29 is 4.74 Å². The molecular formula is C12H27NO. The molecule has 0 aromatic heterocycles. The maximum atomic E-state index is 5.64. The molecule has 2 unspecified atom stereocenters. The molecule has 0 radical (unpaired) electrons. The maximum absolute atomic E-state index is 5.64. The van der Waals surface area contributed by atoms with Crippen molar-refractivity contribution in [2.45, 2.75) is 65.5 Å². The molecule has 14 heavy (non-hydrogen) atoms. The monoisotopic (exact) mass is 201 g/mol. The van der Waals surface area contributed by atoms with Crippen molar-refractivity contribution >= 4 is 0 Å². The van der Waals surface area contributed by atoms with Crippen LogP contribution in [0.2, 0.25) is 0 Å². The predicted octanol–water partition coefficient (Wildman–Crippen LogP) is 2.97. The molecule has 0 aliphatic carbocycles. The van der Waals surface area contributed by atoms with Crippen LogP contribution < -0.4 is 5.32 Å². The Morgan fingerprint density at radius 3 is 2.36 bits per heavy atom. The van der Waals surface area contributed by atoms with Crippen LogP contribution >= 0.6 is 0 Å². The van der Waals surface area contributed by atoms with Crippen molar-refractivity contribution in [3.8, 4) is 0 Å². The Bertz CT molecular complexity index is 117. The maximum Gasteiger partial charge on any atom is 0.0544 e. The minimum atomic E-state index is 0.425. The van der Waals surface area contributed by atoms with Crippen molar-refractivity contribution in [3.05, 3.63) is 0 Å². The summed E-state index contributed by atoms with van der Waals surface area (Å²) in [4.78, 5) is 0. The van der Waals surface area contributed by atoms with Gasteiger partial charge >= 0.3 is 0 Å². The number of hydrogen-bond donors (Lipinski definition) is 1. The lowest BCUT2D eigenvalue weighted by molar-refractivity contribution is 0.0597. The van der Waals surface area contributed by atoms with Crippen LogP contribution in [-0.4, -0.2) is 25.3 Å². The van der Waals surface area contributed by atoms with E-state index < -0.39 is 0 Å². The first-order valence-electron chi connectivity index (χ1n) is 6.09. The summed E-state index contributed by atoms with van der Waals surface area (Å²) in [6, 6.07) is 0.681. The van der Waals surface area contributed by atoms with Crippen LogP contribution in [0.4, 0.5) is 0 Å². The molecule has 0 aliphatic rings. The van der Waals surface area contributed by atoms with Crippen LogP contribution in [0.1, 0.15) is 53.4 Å². The van der Waals surface area contributed by atoms with Crippen LogP contribution in [0.25, 0.3) is 0 Å². The lowest BCUT2D eigenvalue weighted by Gasteiger charge is -2.16. The van der Waals surface area contributed by atoms with Crippen LogP contribution in [0.15, 0.2) is 0 Å². The molecule has 2 atom stereocenters. The number of hydrogen-bond acceptors (Lipinski definition) is 2. The minimum Gasteiger partial charge on any atom is -0.379 e. The summed E-state index contributed by atoms with van der Waals surface area (Å²) in [7, 11) is 0. The van der Waals surface area contributed by atoms with Gasteiger partial charge in [-0.1, -0.05) is 20.8 Å². The molecule has 1 N–H and O–H groups in total. The first kappa shape index (κ1) is 13.9. The van der Waals surface area contributed by atoms with Crippen LogP contribution in [0.3, 0.4) is 0 Å². The molecule has 2 nitrogen and oxygen atoms in total. The van der Waals surface area contributed by atoms with Gasteiger partial charge in [-0.2, -0.15) is 0 Å². The van der Waals surface area contributed by atoms with E-state index in [0.29, 0.717) is 12.1 Å². The molecule has 0 saturated heterocycles. The van der Waals surface area contributed by atoms with Gasteiger partial charge in [-0.15, -0.1) is 0 Å². The summed E-state index contributed by atoms with van der Waals surface area (Å²) in [6.07, 6.45) is 5.17. The first-order chi connectivity index (χ1) is 6.74. The standard InChI is InChI=1S/C12H27NO/c1-5-11(4)14-10-8-9-12(6-2)13-7-3/h11-13H,5-10H2,1-4H3. The molecule has 0 rings (SSSR count). The van der Waals surface area contributed by atoms with Crippen molar-refractivity contribution in [2.75, 3.05) is 13.2 Å². The van der Waals surface area contributed by atoms with Gasteiger partial charge in [0.2, 0.25) is 0 Å². The van der Waals surface area contributed by atoms with Gasteiger partial charge in [0.25, 0.3) is 0 Å². The highest BCUT2D eigenvalue weighted by molar-refractivity contribution is 4.63. The average Bonchev–Trinajstić information content (AvgIpc) is 2.22. The summed E-state index contributed by atoms with van der Waals surface area (Å²) >= 11 is 0. The number of rotatable bonds is 9. The van der Waals surface area contributed by atoms with Crippen molar-refractivity contribution in [3.63, 3.8) is 0 Å². The average molecular weight is 201 g/mol. The van der Waals surface area contributed by atoms with Crippen molar-refractivity contribution in [1.82, 2.24) is 5.32 Å². The van der Waals surface area contributed by atoms with E-state index in [4.69, 9.17) is 4.74 Å². The van der Waals surface area contributed by atoms with E-state index in [-0.39, 0.29) is 0 Å². The third-order valence-electron chi connectivity index (χ3n) is 2.66. The minimum absolute atomic E-state index is 0.425. The molecule has 0 heterocycles. The quantitative estimate of drug-likeness (QED) is 0.579.